The summed E-state index contributed by atoms with van der Waals surface area (Å²) in [6, 6.07) is -0.328. The van der Waals surface area contributed by atoms with Crippen LogP contribution in [0.25, 0.3) is 0 Å². The second-order valence-electron chi connectivity index (χ2n) is 4.13. The molecule has 1 fully saturated rings. The number of carbonyl (C=O) groups is 1. The number of hydrogen-bond acceptors (Lipinski definition) is 3. The van der Waals surface area contributed by atoms with Crippen molar-refractivity contribution in [2.24, 2.45) is 11.7 Å². The van der Waals surface area contributed by atoms with Crippen LogP contribution >= 0.6 is 0 Å². The minimum Gasteiger partial charge on any atom is -0.391 e. The van der Waals surface area contributed by atoms with Crippen molar-refractivity contribution in [3.63, 3.8) is 0 Å². The Hall–Kier alpha value is -0.610. The van der Waals surface area contributed by atoms with E-state index < -0.39 is 6.10 Å². The van der Waals surface area contributed by atoms with Gasteiger partial charge in [-0.1, -0.05) is 13.8 Å². The topological polar surface area (TPSA) is 66.6 Å². The lowest BCUT2D eigenvalue weighted by Gasteiger charge is -2.37. The first-order chi connectivity index (χ1) is 6.00. The molecular weight excluding hydrogens is 168 g/mol. The maximum atomic E-state index is 11.1. The van der Waals surface area contributed by atoms with Crippen LogP contribution in [0.5, 0.6) is 0 Å². The Morgan fingerprint density at radius 1 is 1.69 bits per heavy atom. The van der Waals surface area contributed by atoms with Crippen molar-refractivity contribution < 1.29 is 9.90 Å². The molecule has 13 heavy (non-hydrogen) atoms. The third kappa shape index (κ3) is 2.67. The number of aliphatic hydroxyl groups excluding tert-OH is 1. The van der Waals surface area contributed by atoms with Crippen molar-refractivity contribution in [1.29, 1.82) is 0 Å². The molecule has 0 aromatic rings. The van der Waals surface area contributed by atoms with Gasteiger partial charge >= 0.3 is 0 Å². The number of carbonyl (C=O) groups excluding carboxylic acids is 1. The van der Waals surface area contributed by atoms with Crippen molar-refractivity contribution in [3.05, 3.63) is 0 Å². The summed E-state index contributed by atoms with van der Waals surface area (Å²) in [5.74, 6) is 0.419. The van der Waals surface area contributed by atoms with Crippen LogP contribution in [0.4, 0.5) is 0 Å². The third-order valence-electron chi connectivity index (χ3n) is 2.22. The second kappa shape index (κ2) is 4.07. The monoisotopic (exact) mass is 186 g/mol. The Labute approximate surface area is 78.7 Å². The Morgan fingerprint density at radius 2 is 2.31 bits per heavy atom. The summed E-state index contributed by atoms with van der Waals surface area (Å²) in [6.45, 7) is 5.12. The van der Waals surface area contributed by atoms with Gasteiger partial charge in [-0.25, -0.2) is 0 Å². The van der Waals surface area contributed by atoms with E-state index in [1.54, 1.807) is 4.90 Å². The lowest BCUT2D eigenvalue weighted by molar-refractivity contribution is -0.144. The van der Waals surface area contributed by atoms with Gasteiger partial charge in [0.15, 0.2) is 0 Å². The van der Waals surface area contributed by atoms with Crippen molar-refractivity contribution in [1.82, 2.24) is 4.90 Å². The van der Waals surface area contributed by atoms with Gasteiger partial charge in [-0.15, -0.1) is 0 Å². The van der Waals surface area contributed by atoms with E-state index in [-0.39, 0.29) is 11.9 Å². The summed E-state index contributed by atoms with van der Waals surface area (Å²) < 4.78 is 0. The fourth-order valence-electron chi connectivity index (χ4n) is 1.57. The van der Waals surface area contributed by atoms with Crippen LogP contribution in [0.3, 0.4) is 0 Å². The van der Waals surface area contributed by atoms with E-state index in [2.05, 4.69) is 0 Å². The lowest BCUT2D eigenvalue weighted by atomic mass is 10.0. The molecule has 1 rings (SSSR count). The average molecular weight is 186 g/mol. The summed E-state index contributed by atoms with van der Waals surface area (Å²) in [7, 11) is 0. The number of nitrogens with zero attached hydrogens (tertiary/aromatic N) is 1. The van der Waals surface area contributed by atoms with Crippen LogP contribution in [0.15, 0.2) is 0 Å². The summed E-state index contributed by atoms with van der Waals surface area (Å²) in [5.41, 5.74) is 5.42. The number of likely N-dealkylation sites (tertiary alicyclic amines) is 1. The predicted molar refractivity (Wildman–Crippen MR) is 50.0 cm³/mol. The Kier molecular flexibility index (Phi) is 3.27. The van der Waals surface area contributed by atoms with Crippen molar-refractivity contribution >= 4 is 5.91 Å². The van der Waals surface area contributed by atoms with Gasteiger partial charge in [-0.3, -0.25) is 4.79 Å². The van der Waals surface area contributed by atoms with Crippen LogP contribution < -0.4 is 5.73 Å². The molecule has 4 heteroatoms. The average Bonchev–Trinajstić information content (AvgIpc) is 2.02. The number of β-amino-alcohol motifs (C(OH)–C–C–N with tert-alkyl or cyclic N) is 1. The predicted octanol–water partition coefficient (Wildman–Crippen LogP) is -0.437. The van der Waals surface area contributed by atoms with Crippen molar-refractivity contribution in [2.75, 3.05) is 13.1 Å². The smallest absolute Gasteiger partial charge is 0.241 e. The fraction of sp³-hybridized carbons (Fsp3) is 0.889. The molecule has 0 bridgehead atoms. The molecule has 1 saturated heterocycles. The fourth-order valence-corrected chi connectivity index (χ4v) is 1.57. The summed E-state index contributed by atoms with van der Waals surface area (Å²) in [6.07, 6.45) is 0.329. The highest BCUT2D eigenvalue weighted by Gasteiger charge is 2.34. The molecule has 2 atom stereocenters. The largest absolute Gasteiger partial charge is 0.391 e. The van der Waals surface area contributed by atoms with Crippen LogP contribution in [0, 0.1) is 5.92 Å². The first-order valence-corrected chi connectivity index (χ1v) is 4.73. The molecule has 1 amide bonds. The quantitative estimate of drug-likeness (QED) is 0.585. The first-order valence-electron chi connectivity index (χ1n) is 4.73. The Bertz CT molecular complexity index is 194. The van der Waals surface area contributed by atoms with Crippen LogP contribution in [-0.4, -0.2) is 41.1 Å². The lowest BCUT2D eigenvalue weighted by Crippen LogP contribution is -2.62. The Balaban J connectivity index is 2.22. The molecule has 0 aromatic heterocycles. The van der Waals surface area contributed by atoms with Gasteiger partial charge in [0, 0.05) is 13.1 Å². The maximum Gasteiger partial charge on any atom is 0.241 e. The highest BCUT2D eigenvalue weighted by atomic mass is 16.3. The number of amides is 1. The highest BCUT2D eigenvalue weighted by Crippen LogP contribution is 2.12. The zero-order chi connectivity index (χ0) is 10.0. The number of hydrogen-bond donors (Lipinski definition) is 2. The van der Waals surface area contributed by atoms with E-state index >= 15 is 0 Å². The molecule has 0 radical (unpaired) electrons. The van der Waals surface area contributed by atoms with Gasteiger partial charge in [0.05, 0.1) is 6.10 Å². The van der Waals surface area contributed by atoms with Crippen LogP contribution in [0.1, 0.15) is 20.3 Å². The SMILES string of the molecule is CC(C)CC(O)CN1CC(N)C1=O. The van der Waals surface area contributed by atoms with E-state index in [0.717, 1.165) is 6.42 Å². The Morgan fingerprint density at radius 3 is 2.69 bits per heavy atom. The number of aliphatic hydroxyl groups is 1. The number of nitrogens with two attached hydrogens (primary N) is 1. The molecule has 0 aromatic carbocycles. The molecule has 0 spiro atoms. The minimum absolute atomic E-state index is 0.0391. The van der Waals surface area contributed by atoms with Gasteiger partial charge in [0.25, 0.3) is 0 Å². The van der Waals surface area contributed by atoms with E-state index in [1.807, 2.05) is 13.8 Å². The van der Waals surface area contributed by atoms with Gasteiger partial charge in [-0.05, 0) is 12.3 Å². The zero-order valence-corrected chi connectivity index (χ0v) is 8.23. The molecule has 3 N–H and O–H groups in total. The molecule has 1 aliphatic rings. The van der Waals surface area contributed by atoms with Gasteiger partial charge in [0.1, 0.15) is 6.04 Å². The van der Waals surface area contributed by atoms with Crippen molar-refractivity contribution in [2.45, 2.75) is 32.4 Å². The van der Waals surface area contributed by atoms with E-state index in [1.165, 1.54) is 0 Å². The standard InChI is InChI=1S/C9H18N2O2/c1-6(2)3-7(12)4-11-5-8(10)9(11)13/h6-8,12H,3-5,10H2,1-2H3. The normalized spacial score (nSPS) is 24.8. The van der Waals surface area contributed by atoms with Crippen molar-refractivity contribution in [3.8, 4) is 0 Å². The van der Waals surface area contributed by atoms with Gasteiger partial charge in [-0.2, -0.15) is 0 Å². The van der Waals surface area contributed by atoms with Crippen LogP contribution in [-0.2, 0) is 4.79 Å². The summed E-state index contributed by atoms with van der Waals surface area (Å²) in [4.78, 5) is 12.7. The second-order valence-corrected chi connectivity index (χ2v) is 4.13. The van der Waals surface area contributed by atoms with E-state index in [4.69, 9.17) is 5.73 Å². The molecule has 1 aliphatic heterocycles. The van der Waals surface area contributed by atoms with Crippen LogP contribution in [0.2, 0.25) is 0 Å². The molecule has 76 valence electrons. The molecule has 4 nitrogen and oxygen atoms in total. The summed E-state index contributed by atoms with van der Waals surface area (Å²) in [5, 5.41) is 9.52. The molecular formula is C9H18N2O2. The highest BCUT2D eigenvalue weighted by molar-refractivity contribution is 5.87. The maximum absolute atomic E-state index is 11.1. The molecule has 1 heterocycles. The molecule has 2 unspecified atom stereocenters. The van der Waals surface area contributed by atoms with Gasteiger partial charge in [0.2, 0.25) is 5.91 Å². The number of rotatable bonds is 4. The minimum atomic E-state index is -0.406. The third-order valence-corrected chi connectivity index (χ3v) is 2.22. The summed E-state index contributed by atoms with van der Waals surface area (Å²) >= 11 is 0. The van der Waals surface area contributed by atoms with E-state index in [9.17, 15) is 9.90 Å². The first kappa shape index (κ1) is 10.5. The zero-order valence-electron chi connectivity index (χ0n) is 8.23. The van der Waals surface area contributed by atoms with E-state index in [0.29, 0.717) is 19.0 Å². The number of β-lactam (4-membered cyclic amide) rings is 1. The van der Waals surface area contributed by atoms with Gasteiger partial charge < -0.3 is 15.7 Å². The molecule has 0 aliphatic carbocycles. The molecule has 0 saturated carbocycles.